The number of aromatic nitrogens is 2. The molecular weight excluding hydrogens is 226 g/mol. The van der Waals surface area contributed by atoms with E-state index in [-0.39, 0.29) is 5.91 Å². The van der Waals surface area contributed by atoms with E-state index < -0.39 is 0 Å². The second-order valence-electron chi connectivity index (χ2n) is 4.02. The molecule has 2 heterocycles. The molecule has 1 saturated heterocycles. The van der Waals surface area contributed by atoms with Gasteiger partial charge >= 0.3 is 0 Å². The van der Waals surface area contributed by atoms with Gasteiger partial charge in [-0.05, 0) is 18.8 Å². The minimum Gasteiger partial charge on any atom is -0.339 e. The number of hydrogen-bond acceptors (Lipinski definition) is 3. The van der Waals surface area contributed by atoms with Crippen LogP contribution in [0.2, 0.25) is 0 Å². The predicted octanol–water partition coefficient (Wildman–Crippen LogP) is 1.57. The van der Waals surface area contributed by atoms with Gasteiger partial charge in [0.25, 0.3) is 5.91 Å². The van der Waals surface area contributed by atoms with Gasteiger partial charge in [0.2, 0.25) is 0 Å². The summed E-state index contributed by atoms with van der Waals surface area (Å²) in [7, 11) is 0. The van der Waals surface area contributed by atoms with Gasteiger partial charge in [-0.1, -0.05) is 0 Å². The summed E-state index contributed by atoms with van der Waals surface area (Å²) in [4.78, 5) is 21.6. The van der Waals surface area contributed by atoms with Crippen molar-refractivity contribution in [2.45, 2.75) is 12.8 Å². The van der Waals surface area contributed by atoms with E-state index in [4.69, 9.17) is 11.6 Å². The standard InChI is InChI=1S/C11H14ClN3O/c12-5-9-1-3-15(4-2-9)11(16)10-6-13-8-14-7-10/h6-9H,1-5H2. The number of nitrogens with zero attached hydrogens (tertiary/aromatic N) is 3. The normalized spacial score (nSPS) is 17.4. The summed E-state index contributed by atoms with van der Waals surface area (Å²) >= 11 is 5.80. The first-order valence-electron chi connectivity index (χ1n) is 5.41. The van der Waals surface area contributed by atoms with Crippen LogP contribution in [0.15, 0.2) is 18.7 Å². The van der Waals surface area contributed by atoms with Crippen LogP contribution in [0.1, 0.15) is 23.2 Å². The Hall–Kier alpha value is -1.16. The van der Waals surface area contributed by atoms with Crippen molar-refractivity contribution in [2.75, 3.05) is 19.0 Å². The minimum atomic E-state index is 0.0219. The average Bonchev–Trinajstić information content (AvgIpc) is 2.39. The molecule has 0 saturated carbocycles. The molecule has 1 fully saturated rings. The molecule has 0 bridgehead atoms. The molecule has 2 rings (SSSR count). The molecule has 1 aromatic rings. The highest BCUT2D eigenvalue weighted by molar-refractivity contribution is 6.18. The van der Waals surface area contributed by atoms with Gasteiger partial charge in [0, 0.05) is 31.4 Å². The molecule has 1 amide bonds. The van der Waals surface area contributed by atoms with Crippen LogP contribution in [-0.4, -0.2) is 39.7 Å². The lowest BCUT2D eigenvalue weighted by Gasteiger charge is -2.30. The van der Waals surface area contributed by atoms with E-state index in [1.807, 2.05) is 4.90 Å². The molecular formula is C11H14ClN3O. The maximum absolute atomic E-state index is 12.0. The minimum absolute atomic E-state index is 0.0219. The first kappa shape index (κ1) is 11.3. The highest BCUT2D eigenvalue weighted by atomic mass is 35.5. The van der Waals surface area contributed by atoms with Crippen molar-refractivity contribution >= 4 is 17.5 Å². The predicted molar refractivity (Wildman–Crippen MR) is 61.4 cm³/mol. The maximum atomic E-state index is 12.0. The Morgan fingerprint density at radius 1 is 1.38 bits per heavy atom. The number of amides is 1. The first-order valence-corrected chi connectivity index (χ1v) is 5.95. The smallest absolute Gasteiger partial charge is 0.256 e. The number of carbonyl (C=O) groups is 1. The molecule has 0 spiro atoms. The number of alkyl halides is 1. The fraction of sp³-hybridized carbons (Fsp3) is 0.545. The summed E-state index contributed by atoms with van der Waals surface area (Å²) in [5.41, 5.74) is 0.562. The lowest BCUT2D eigenvalue weighted by Crippen LogP contribution is -2.38. The Labute approximate surface area is 99.6 Å². The summed E-state index contributed by atoms with van der Waals surface area (Å²) < 4.78 is 0. The van der Waals surface area contributed by atoms with E-state index in [0.29, 0.717) is 17.4 Å². The lowest BCUT2D eigenvalue weighted by molar-refractivity contribution is 0.0697. The number of halogens is 1. The second kappa shape index (κ2) is 5.25. The summed E-state index contributed by atoms with van der Waals surface area (Å²) in [6.45, 7) is 1.57. The molecule has 5 heteroatoms. The quantitative estimate of drug-likeness (QED) is 0.736. The van der Waals surface area contributed by atoms with Gasteiger partial charge in [-0.25, -0.2) is 9.97 Å². The lowest BCUT2D eigenvalue weighted by atomic mass is 9.98. The molecule has 1 aliphatic heterocycles. The summed E-state index contributed by atoms with van der Waals surface area (Å²) in [6.07, 6.45) is 6.52. The molecule has 1 aromatic heterocycles. The maximum Gasteiger partial charge on any atom is 0.256 e. The van der Waals surface area contributed by atoms with Crippen LogP contribution in [0.25, 0.3) is 0 Å². The monoisotopic (exact) mass is 239 g/mol. The molecule has 0 atom stereocenters. The van der Waals surface area contributed by atoms with Gasteiger partial charge in [-0.15, -0.1) is 11.6 Å². The molecule has 0 aromatic carbocycles. The number of hydrogen-bond donors (Lipinski definition) is 0. The Bertz CT molecular complexity index is 350. The highest BCUT2D eigenvalue weighted by Crippen LogP contribution is 2.19. The van der Waals surface area contributed by atoms with Crippen LogP contribution in [0.3, 0.4) is 0 Å². The van der Waals surface area contributed by atoms with E-state index in [1.54, 1.807) is 12.4 Å². The van der Waals surface area contributed by atoms with Crippen molar-refractivity contribution in [3.8, 4) is 0 Å². The zero-order valence-electron chi connectivity index (χ0n) is 8.97. The van der Waals surface area contributed by atoms with Crippen LogP contribution in [-0.2, 0) is 0 Å². The third-order valence-corrected chi connectivity index (χ3v) is 3.36. The van der Waals surface area contributed by atoms with Gasteiger partial charge < -0.3 is 4.90 Å². The Morgan fingerprint density at radius 3 is 2.56 bits per heavy atom. The van der Waals surface area contributed by atoms with Crippen LogP contribution < -0.4 is 0 Å². The molecule has 16 heavy (non-hydrogen) atoms. The van der Waals surface area contributed by atoms with Crippen LogP contribution in [0, 0.1) is 5.92 Å². The van der Waals surface area contributed by atoms with Crippen molar-refractivity contribution in [1.82, 2.24) is 14.9 Å². The molecule has 1 aliphatic rings. The number of likely N-dealkylation sites (tertiary alicyclic amines) is 1. The van der Waals surface area contributed by atoms with Crippen molar-refractivity contribution < 1.29 is 4.79 Å². The Morgan fingerprint density at radius 2 is 2.00 bits per heavy atom. The van der Waals surface area contributed by atoms with E-state index in [1.165, 1.54) is 6.33 Å². The summed E-state index contributed by atoms with van der Waals surface area (Å²) in [5, 5.41) is 0. The van der Waals surface area contributed by atoms with Crippen molar-refractivity contribution in [3.63, 3.8) is 0 Å². The van der Waals surface area contributed by atoms with Gasteiger partial charge in [0.1, 0.15) is 6.33 Å². The second-order valence-corrected chi connectivity index (χ2v) is 4.33. The van der Waals surface area contributed by atoms with E-state index >= 15 is 0 Å². The van der Waals surface area contributed by atoms with Crippen molar-refractivity contribution in [2.24, 2.45) is 5.92 Å². The fourth-order valence-corrected chi connectivity index (χ4v) is 2.19. The Kier molecular flexibility index (Phi) is 3.72. The molecule has 0 N–H and O–H groups in total. The Balaban J connectivity index is 1.97. The number of carbonyl (C=O) groups excluding carboxylic acids is 1. The molecule has 86 valence electrons. The van der Waals surface area contributed by atoms with E-state index in [9.17, 15) is 4.79 Å². The molecule has 0 aliphatic carbocycles. The third kappa shape index (κ3) is 2.50. The topological polar surface area (TPSA) is 46.1 Å². The van der Waals surface area contributed by atoms with Gasteiger partial charge in [-0.2, -0.15) is 0 Å². The zero-order chi connectivity index (χ0) is 11.4. The SMILES string of the molecule is O=C(c1cncnc1)N1CCC(CCl)CC1. The van der Waals surface area contributed by atoms with Gasteiger partial charge in [-0.3, -0.25) is 4.79 Å². The van der Waals surface area contributed by atoms with E-state index in [0.717, 1.165) is 25.9 Å². The third-order valence-electron chi connectivity index (χ3n) is 2.93. The van der Waals surface area contributed by atoms with Gasteiger partial charge in [0.05, 0.1) is 5.56 Å². The van der Waals surface area contributed by atoms with Gasteiger partial charge in [0.15, 0.2) is 0 Å². The first-order chi connectivity index (χ1) is 7.81. The van der Waals surface area contributed by atoms with Crippen molar-refractivity contribution in [3.05, 3.63) is 24.3 Å². The summed E-state index contributed by atoms with van der Waals surface area (Å²) in [6, 6.07) is 0. The molecule has 0 unspecified atom stereocenters. The van der Waals surface area contributed by atoms with Crippen LogP contribution in [0.5, 0.6) is 0 Å². The summed E-state index contributed by atoms with van der Waals surface area (Å²) in [5.74, 6) is 1.27. The zero-order valence-corrected chi connectivity index (χ0v) is 9.73. The highest BCUT2D eigenvalue weighted by Gasteiger charge is 2.23. The fourth-order valence-electron chi connectivity index (χ4n) is 1.88. The molecule has 4 nitrogen and oxygen atoms in total. The van der Waals surface area contributed by atoms with E-state index in [2.05, 4.69) is 9.97 Å². The van der Waals surface area contributed by atoms with Crippen LogP contribution >= 0.6 is 11.6 Å². The number of piperidine rings is 1. The largest absolute Gasteiger partial charge is 0.339 e. The van der Waals surface area contributed by atoms with Crippen LogP contribution in [0.4, 0.5) is 0 Å². The van der Waals surface area contributed by atoms with Crippen molar-refractivity contribution in [1.29, 1.82) is 0 Å². The molecule has 0 radical (unpaired) electrons. The number of rotatable bonds is 2. The average molecular weight is 240 g/mol.